The third kappa shape index (κ3) is 4.85. The van der Waals surface area contributed by atoms with E-state index in [1.807, 2.05) is 0 Å². The van der Waals surface area contributed by atoms with E-state index in [-0.39, 0.29) is 28.6 Å². The van der Waals surface area contributed by atoms with Gasteiger partial charge >= 0.3 is 0 Å². The summed E-state index contributed by atoms with van der Waals surface area (Å²) in [7, 11) is 0. The van der Waals surface area contributed by atoms with Crippen molar-refractivity contribution in [2.45, 2.75) is 19.3 Å². The van der Waals surface area contributed by atoms with E-state index >= 15 is 0 Å². The average Bonchev–Trinajstić information content (AvgIpc) is 2.37. The zero-order valence-electron chi connectivity index (χ0n) is 10.6. The molecule has 0 aromatic heterocycles. The zero-order chi connectivity index (χ0) is 15.1. The number of carbonyl (C=O) groups is 2. The lowest BCUT2D eigenvalue weighted by Gasteiger charge is -2.05. The van der Waals surface area contributed by atoms with Gasteiger partial charge in [-0.15, -0.1) is 0 Å². The van der Waals surface area contributed by atoms with Crippen LogP contribution >= 0.6 is 11.6 Å². The first-order valence-electron chi connectivity index (χ1n) is 5.92. The maximum atomic E-state index is 11.8. The number of rotatable bonds is 7. The van der Waals surface area contributed by atoms with E-state index in [0.29, 0.717) is 19.4 Å². The van der Waals surface area contributed by atoms with Gasteiger partial charge in [0, 0.05) is 24.6 Å². The largest absolute Gasteiger partial charge is 0.370 e. The van der Waals surface area contributed by atoms with Crippen LogP contribution in [0.5, 0.6) is 0 Å². The molecule has 108 valence electrons. The highest BCUT2D eigenvalue weighted by molar-refractivity contribution is 6.32. The van der Waals surface area contributed by atoms with E-state index in [9.17, 15) is 19.7 Å². The molecule has 0 spiro atoms. The predicted octanol–water partition coefficient (Wildman–Crippen LogP) is 1.63. The first-order chi connectivity index (χ1) is 9.41. The second-order valence-corrected chi connectivity index (χ2v) is 4.51. The number of nitro groups is 1. The number of nitrogens with one attached hydrogen (secondary N) is 1. The van der Waals surface area contributed by atoms with Gasteiger partial charge in [0.15, 0.2) is 0 Å². The van der Waals surface area contributed by atoms with Gasteiger partial charge in [0.2, 0.25) is 5.91 Å². The normalized spacial score (nSPS) is 10.1. The van der Waals surface area contributed by atoms with Gasteiger partial charge in [-0.25, -0.2) is 0 Å². The number of benzene rings is 1. The van der Waals surface area contributed by atoms with E-state index < -0.39 is 10.8 Å². The molecule has 3 N–H and O–H groups in total. The number of hydrogen-bond donors (Lipinski definition) is 2. The van der Waals surface area contributed by atoms with Crippen molar-refractivity contribution in [2.75, 3.05) is 6.54 Å². The lowest BCUT2D eigenvalue weighted by molar-refractivity contribution is -0.384. The Morgan fingerprint density at radius 2 is 2.05 bits per heavy atom. The van der Waals surface area contributed by atoms with Crippen LogP contribution in [0, 0.1) is 10.1 Å². The van der Waals surface area contributed by atoms with Crippen LogP contribution in [0.15, 0.2) is 18.2 Å². The minimum absolute atomic E-state index is 0.0204. The monoisotopic (exact) mass is 299 g/mol. The summed E-state index contributed by atoms with van der Waals surface area (Å²) >= 11 is 5.65. The molecule has 0 aliphatic rings. The molecule has 1 aromatic rings. The second kappa shape index (κ2) is 7.44. The number of primary amides is 1. The van der Waals surface area contributed by atoms with Crippen molar-refractivity contribution in [1.29, 1.82) is 0 Å². The van der Waals surface area contributed by atoms with Crippen LogP contribution in [-0.2, 0) is 4.79 Å². The molecule has 0 atom stereocenters. The van der Waals surface area contributed by atoms with Gasteiger partial charge in [-0.05, 0) is 25.0 Å². The van der Waals surface area contributed by atoms with Gasteiger partial charge in [-0.2, -0.15) is 0 Å². The minimum atomic E-state index is -0.647. The Bertz CT molecular complexity index is 533. The number of amides is 2. The number of nitro benzene ring substituents is 1. The maximum Gasteiger partial charge on any atom is 0.288 e. The quantitative estimate of drug-likeness (QED) is 0.452. The number of nitrogens with two attached hydrogens (primary N) is 1. The first kappa shape index (κ1) is 15.9. The van der Waals surface area contributed by atoms with Crippen LogP contribution in [0.4, 0.5) is 5.69 Å². The molecular weight excluding hydrogens is 286 g/mol. The van der Waals surface area contributed by atoms with Crippen molar-refractivity contribution in [3.63, 3.8) is 0 Å². The van der Waals surface area contributed by atoms with Crippen molar-refractivity contribution in [2.24, 2.45) is 5.73 Å². The summed E-state index contributed by atoms with van der Waals surface area (Å²) < 4.78 is 0. The summed E-state index contributed by atoms with van der Waals surface area (Å²) in [6.45, 7) is 0.364. The molecule has 0 heterocycles. The molecule has 0 saturated carbocycles. The molecule has 1 aromatic carbocycles. The molecule has 7 nitrogen and oxygen atoms in total. The third-order valence-electron chi connectivity index (χ3n) is 2.54. The van der Waals surface area contributed by atoms with Gasteiger partial charge < -0.3 is 11.1 Å². The Balaban J connectivity index is 2.53. The van der Waals surface area contributed by atoms with Gasteiger partial charge in [-0.3, -0.25) is 19.7 Å². The average molecular weight is 300 g/mol. The lowest BCUT2D eigenvalue weighted by atomic mass is 10.2. The number of halogens is 1. The molecule has 8 heteroatoms. The highest BCUT2D eigenvalue weighted by atomic mass is 35.5. The van der Waals surface area contributed by atoms with Gasteiger partial charge in [0.1, 0.15) is 5.02 Å². The fraction of sp³-hybridized carbons (Fsp3) is 0.333. The fourth-order valence-electron chi connectivity index (χ4n) is 1.52. The zero-order valence-corrected chi connectivity index (χ0v) is 11.4. The molecule has 1 rings (SSSR count). The molecule has 0 aliphatic heterocycles. The molecule has 0 aliphatic carbocycles. The molecule has 0 unspecified atom stereocenters. The van der Waals surface area contributed by atoms with E-state index in [2.05, 4.69) is 5.32 Å². The summed E-state index contributed by atoms with van der Waals surface area (Å²) in [6.07, 6.45) is 1.45. The summed E-state index contributed by atoms with van der Waals surface area (Å²) in [6, 6.07) is 3.84. The van der Waals surface area contributed by atoms with Crippen molar-refractivity contribution in [1.82, 2.24) is 5.32 Å². The van der Waals surface area contributed by atoms with Crippen LogP contribution in [0.1, 0.15) is 29.6 Å². The molecule has 0 radical (unpaired) electrons. The number of hydrogen-bond acceptors (Lipinski definition) is 4. The molecule has 0 fully saturated rings. The Labute approximate surface area is 120 Å². The highest BCUT2D eigenvalue weighted by Crippen LogP contribution is 2.24. The predicted molar refractivity (Wildman–Crippen MR) is 73.5 cm³/mol. The summed E-state index contributed by atoms with van der Waals surface area (Å²) in [5, 5.41) is 13.3. The van der Waals surface area contributed by atoms with E-state index in [1.165, 1.54) is 12.1 Å². The van der Waals surface area contributed by atoms with Crippen molar-refractivity contribution >= 4 is 29.1 Å². The Morgan fingerprint density at radius 1 is 1.35 bits per heavy atom. The number of nitrogens with zero attached hydrogens (tertiary/aromatic N) is 1. The summed E-state index contributed by atoms with van der Waals surface area (Å²) in [5.41, 5.74) is 4.83. The fourth-order valence-corrected chi connectivity index (χ4v) is 1.71. The molecule has 20 heavy (non-hydrogen) atoms. The SMILES string of the molecule is NC(=O)CCCCNC(=O)c1ccc(Cl)c([N+](=O)[O-])c1. The van der Waals surface area contributed by atoms with E-state index in [1.54, 1.807) is 0 Å². The van der Waals surface area contributed by atoms with Crippen LogP contribution in [0.3, 0.4) is 0 Å². The topological polar surface area (TPSA) is 115 Å². The van der Waals surface area contributed by atoms with Crippen molar-refractivity contribution in [3.8, 4) is 0 Å². The Morgan fingerprint density at radius 3 is 2.65 bits per heavy atom. The minimum Gasteiger partial charge on any atom is -0.370 e. The van der Waals surface area contributed by atoms with Crippen LogP contribution in [0.25, 0.3) is 0 Å². The van der Waals surface area contributed by atoms with Crippen LogP contribution in [-0.4, -0.2) is 23.3 Å². The molecule has 0 bridgehead atoms. The summed E-state index contributed by atoms with van der Waals surface area (Å²) in [5.74, 6) is -0.812. The standard InChI is InChI=1S/C12H14ClN3O4/c13-9-5-4-8(7-10(9)16(19)20)12(18)15-6-2-1-3-11(14)17/h4-5,7H,1-3,6H2,(H2,14,17)(H,15,18). The number of unbranched alkanes of at least 4 members (excludes halogenated alkanes) is 1. The van der Waals surface area contributed by atoms with Crippen LogP contribution < -0.4 is 11.1 Å². The third-order valence-corrected chi connectivity index (χ3v) is 2.86. The van der Waals surface area contributed by atoms with Gasteiger partial charge in [0.25, 0.3) is 11.6 Å². The van der Waals surface area contributed by atoms with Crippen LogP contribution in [0.2, 0.25) is 5.02 Å². The summed E-state index contributed by atoms with van der Waals surface area (Å²) in [4.78, 5) is 32.3. The van der Waals surface area contributed by atoms with E-state index in [0.717, 1.165) is 6.07 Å². The van der Waals surface area contributed by atoms with Crippen molar-refractivity contribution in [3.05, 3.63) is 38.9 Å². The molecular formula is C12H14ClN3O4. The first-order valence-corrected chi connectivity index (χ1v) is 6.30. The lowest BCUT2D eigenvalue weighted by Crippen LogP contribution is -2.24. The molecule has 0 saturated heterocycles. The second-order valence-electron chi connectivity index (χ2n) is 4.10. The smallest absolute Gasteiger partial charge is 0.288 e. The van der Waals surface area contributed by atoms with Crippen molar-refractivity contribution < 1.29 is 14.5 Å². The Kier molecular flexibility index (Phi) is 5.92. The van der Waals surface area contributed by atoms with E-state index in [4.69, 9.17) is 17.3 Å². The van der Waals surface area contributed by atoms with Gasteiger partial charge in [0.05, 0.1) is 4.92 Å². The van der Waals surface area contributed by atoms with Gasteiger partial charge in [-0.1, -0.05) is 11.6 Å². The highest BCUT2D eigenvalue weighted by Gasteiger charge is 2.15. The molecule has 2 amide bonds. The number of carbonyl (C=O) groups excluding carboxylic acids is 2. The maximum absolute atomic E-state index is 11.8. The Hall–Kier alpha value is -2.15.